The summed E-state index contributed by atoms with van der Waals surface area (Å²) in [5.41, 5.74) is 2.04. The Bertz CT molecular complexity index is 722. The third kappa shape index (κ3) is 4.19. The van der Waals surface area contributed by atoms with Crippen LogP contribution in [-0.4, -0.2) is 35.6 Å². The Morgan fingerprint density at radius 2 is 1.78 bits per heavy atom. The molecule has 0 bridgehead atoms. The van der Waals surface area contributed by atoms with E-state index in [9.17, 15) is 8.42 Å². The maximum atomic E-state index is 12.4. The van der Waals surface area contributed by atoms with Crippen LogP contribution in [0.2, 0.25) is 0 Å². The summed E-state index contributed by atoms with van der Waals surface area (Å²) in [6.07, 6.45) is 6.63. The average molecular weight is 334 g/mol. The first-order valence-electron chi connectivity index (χ1n) is 7.94. The van der Waals surface area contributed by atoms with Crippen LogP contribution in [0.3, 0.4) is 0 Å². The topological polar surface area (TPSA) is 67.2 Å². The van der Waals surface area contributed by atoms with Crippen LogP contribution in [0.5, 0.6) is 0 Å². The first kappa shape index (κ1) is 16.2. The second-order valence-electron chi connectivity index (χ2n) is 5.76. The summed E-state index contributed by atoms with van der Waals surface area (Å²) in [5.74, 6) is 0. The number of hydrogen-bond donors (Lipinski definition) is 1. The second-order valence-corrected chi connectivity index (χ2v) is 7.51. The van der Waals surface area contributed by atoms with Gasteiger partial charge in [0.15, 0.2) is 0 Å². The summed E-state index contributed by atoms with van der Waals surface area (Å²) in [4.78, 5) is 0. The Morgan fingerprint density at radius 3 is 2.48 bits per heavy atom. The van der Waals surface area contributed by atoms with Crippen molar-refractivity contribution in [1.29, 1.82) is 0 Å². The lowest BCUT2D eigenvalue weighted by Crippen LogP contribution is -2.43. The molecule has 1 saturated heterocycles. The number of nitrogens with one attached hydrogen (secondary N) is 1. The lowest BCUT2D eigenvalue weighted by molar-refractivity contribution is 0.341. The number of aromatic nitrogens is 2. The van der Waals surface area contributed by atoms with Crippen LogP contribution in [0, 0.1) is 0 Å². The zero-order chi connectivity index (χ0) is 16.1. The van der Waals surface area contributed by atoms with Crippen molar-refractivity contribution < 1.29 is 8.42 Å². The van der Waals surface area contributed by atoms with E-state index in [2.05, 4.69) is 9.82 Å². The number of hydrogen-bond acceptors (Lipinski definition) is 3. The average Bonchev–Trinajstić information content (AvgIpc) is 3.08. The Kier molecular flexibility index (Phi) is 5.09. The van der Waals surface area contributed by atoms with Crippen LogP contribution >= 0.6 is 0 Å². The molecule has 6 nitrogen and oxygen atoms in total. The predicted molar refractivity (Wildman–Crippen MR) is 89.0 cm³/mol. The molecule has 1 aromatic carbocycles. The molecule has 1 aromatic heterocycles. The van der Waals surface area contributed by atoms with Crippen molar-refractivity contribution in [3.8, 4) is 0 Å². The standard InChI is InChI=1S/C16H22N4O2S/c21-23(22,20-11-4-1-5-12-20)18-13-15-7-2-3-8-16(15)14-19-10-6-9-17-19/h2-3,6-10,18H,1,4-5,11-14H2. The minimum atomic E-state index is -3.40. The van der Waals surface area contributed by atoms with E-state index in [1.165, 1.54) is 0 Å². The van der Waals surface area contributed by atoms with Crippen molar-refractivity contribution in [2.45, 2.75) is 32.4 Å². The maximum Gasteiger partial charge on any atom is 0.279 e. The molecule has 0 amide bonds. The van der Waals surface area contributed by atoms with Crippen LogP contribution in [0.25, 0.3) is 0 Å². The SMILES string of the molecule is O=S(=O)(NCc1ccccc1Cn1cccn1)N1CCCCC1. The van der Waals surface area contributed by atoms with Gasteiger partial charge in [0, 0.05) is 32.0 Å². The summed E-state index contributed by atoms with van der Waals surface area (Å²) >= 11 is 0. The Balaban J connectivity index is 1.68. The van der Waals surface area contributed by atoms with Gasteiger partial charge in [0.1, 0.15) is 0 Å². The normalized spacial score (nSPS) is 16.5. The first-order chi connectivity index (χ1) is 11.1. The van der Waals surface area contributed by atoms with Crippen molar-refractivity contribution >= 4 is 10.2 Å². The molecule has 0 unspecified atom stereocenters. The van der Waals surface area contributed by atoms with Gasteiger partial charge in [0.25, 0.3) is 10.2 Å². The maximum absolute atomic E-state index is 12.4. The molecule has 1 aliphatic rings. The minimum Gasteiger partial charge on any atom is -0.268 e. The highest BCUT2D eigenvalue weighted by Gasteiger charge is 2.23. The number of nitrogens with zero attached hydrogens (tertiary/aromatic N) is 3. The van der Waals surface area contributed by atoms with E-state index in [1.807, 2.05) is 41.2 Å². The predicted octanol–water partition coefficient (Wildman–Crippen LogP) is 1.75. The zero-order valence-electron chi connectivity index (χ0n) is 13.1. The fraction of sp³-hybridized carbons (Fsp3) is 0.438. The summed E-state index contributed by atoms with van der Waals surface area (Å²) in [6.45, 7) is 2.17. The molecule has 0 spiro atoms. The molecule has 0 aliphatic carbocycles. The molecule has 0 radical (unpaired) electrons. The molecule has 2 aromatic rings. The van der Waals surface area contributed by atoms with E-state index >= 15 is 0 Å². The summed E-state index contributed by atoms with van der Waals surface area (Å²) in [5, 5.41) is 4.20. The third-order valence-electron chi connectivity index (χ3n) is 4.11. The monoisotopic (exact) mass is 334 g/mol. The molecule has 3 rings (SSSR count). The molecule has 0 saturated carbocycles. The summed E-state index contributed by atoms with van der Waals surface area (Å²) in [7, 11) is -3.40. The third-order valence-corrected chi connectivity index (χ3v) is 5.66. The van der Waals surface area contributed by atoms with E-state index in [-0.39, 0.29) is 0 Å². The van der Waals surface area contributed by atoms with Crippen LogP contribution in [-0.2, 0) is 23.3 Å². The van der Waals surface area contributed by atoms with E-state index < -0.39 is 10.2 Å². The van der Waals surface area contributed by atoms with Gasteiger partial charge >= 0.3 is 0 Å². The van der Waals surface area contributed by atoms with Gasteiger partial charge in [0.2, 0.25) is 0 Å². The van der Waals surface area contributed by atoms with Gasteiger partial charge in [0.05, 0.1) is 6.54 Å². The van der Waals surface area contributed by atoms with Crippen LogP contribution in [0.15, 0.2) is 42.7 Å². The highest BCUT2D eigenvalue weighted by atomic mass is 32.2. The molecule has 0 atom stereocenters. The van der Waals surface area contributed by atoms with E-state index in [0.717, 1.165) is 30.4 Å². The highest BCUT2D eigenvalue weighted by molar-refractivity contribution is 7.87. The van der Waals surface area contributed by atoms with Crippen molar-refractivity contribution in [3.63, 3.8) is 0 Å². The molecule has 7 heteroatoms. The van der Waals surface area contributed by atoms with Crippen molar-refractivity contribution in [2.75, 3.05) is 13.1 Å². The van der Waals surface area contributed by atoms with E-state index in [1.54, 1.807) is 10.5 Å². The van der Waals surface area contributed by atoms with Gasteiger partial charge in [-0.25, -0.2) is 0 Å². The molecular formula is C16H22N4O2S. The first-order valence-corrected chi connectivity index (χ1v) is 9.38. The molecule has 1 aliphatic heterocycles. The molecule has 23 heavy (non-hydrogen) atoms. The molecule has 1 fully saturated rings. The molecular weight excluding hydrogens is 312 g/mol. The summed E-state index contributed by atoms with van der Waals surface area (Å²) in [6, 6.07) is 9.73. The Labute approximate surface area is 137 Å². The van der Waals surface area contributed by atoms with Gasteiger partial charge in [-0.1, -0.05) is 30.7 Å². The second kappa shape index (κ2) is 7.25. The number of piperidine rings is 1. The molecule has 1 N–H and O–H groups in total. The lowest BCUT2D eigenvalue weighted by atomic mass is 10.1. The van der Waals surface area contributed by atoms with Crippen LogP contribution in [0.1, 0.15) is 30.4 Å². The largest absolute Gasteiger partial charge is 0.279 e. The van der Waals surface area contributed by atoms with Crippen LogP contribution < -0.4 is 4.72 Å². The smallest absolute Gasteiger partial charge is 0.268 e. The Hall–Kier alpha value is -1.70. The van der Waals surface area contributed by atoms with Gasteiger partial charge in [-0.15, -0.1) is 0 Å². The van der Waals surface area contributed by atoms with Crippen molar-refractivity contribution in [2.24, 2.45) is 0 Å². The van der Waals surface area contributed by atoms with Crippen molar-refractivity contribution in [1.82, 2.24) is 18.8 Å². The minimum absolute atomic E-state index is 0.302. The van der Waals surface area contributed by atoms with E-state index in [0.29, 0.717) is 26.2 Å². The number of benzene rings is 1. The lowest BCUT2D eigenvalue weighted by Gasteiger charge is -2.26. The van der Waals surface area contributed by atoms with E-state index in [4.69, 9.17) is 0 Å². The van der Waals surface area contributed by atoms with Gasteiger partial charge in [-0.05, 0) is 30.0 Å². The molecule has 124 valence electrons. The van der Waals surface area contributed by atoms with Crippen LogP contribution in [0.4, 0.5) is 0 Å². The quantitative estimate of drug-likeness (QED) is 0.875. The fourth-order valence-corrected chi connectivity index (χ4v) is 4.08. The fourth-order valence-electron chi connectivity index (χ4n) is 2.82. The van der Waals surface area contributed by atoms with Gasteiger partial charge in [-0.3, -0.25) is 4.68 Å². The van der Waals surface area contributed by atoms with Crippen molar-refractivity contribution in [3.05, 3.63) is 53.9 Å². The molecule has 2 heterocycles. The summed E-state index contributed by atoms with van der Waals surface area (Å²) < 4.78 is 30.9. The zero-order valence-corrected chi connectivity index (χ0v) is 13.9. The van der Waals surface area contributed by atoms with Gasteiger partial charge < -0.3 is 0 Å². The number of rotatable bonds is 6. The van der Waals surface area contributed by atoms with Gasteiger partial charge in [-0.2, -0.15) is 22.5 Å². The Morgan fingerprint density at radius 1 is 1.04 bits per heavy atom. The highest BCUT2D eigenvalue weighted by Crippen LogP contribution is 2.14.